The summed E-state index contributed by atoms with van der Waals surface area (Å²) in [4.78, 5) is 50.5. The molecule has 2 aliphatic heterocycles. The van der Waals surface area contributed by atoms with Crippen LogP contribution in [0.5, 0.6) is 5.88 Å². The molecule has 2 fully saturated rings. The summed E-state index contributed by atoms with van der Waals surface area (Å²) in [6.45, 7) is 9.42. The van der Waals surface area contributed by atoms with Crippen LogP contribution in [0.3, 0.4) is 0 Å². The molecule has 11 heteroatoms. The van der Waals surface area contributed by atoms with E-state index in [9.17, 15) is 19.5 Å². The zero-order chi connectivity index (χ0) is 30.3. The Morgan fingerprint density at radius 2 is 1.86 bits per heavy atom. The second-order valence-electron chi connectivity index (χ2n) is 13.4. The van der Waals surface area contributed by atoms with Crippen LogP contribution in [0.2, 0.25) is 0 Å². The number of fused-ring (bicyclic) bond motifs is 5. The van der Waals surface area contributed by atoms with Gasteiger partial charge in [0.2, 0.25) is 11.8 Å². The van der Waals surface area contributed by atoms with Crippen molar-refractivity contribution in [2.45, 2.75) is 104 Å². The van der Waals surface area contributed by atoms with E-state index in [4.69, 9.17) is 24.2 Å². The van der Waals surface area contributed by atoms with Crippen molar-refractivity contribution < 1.29 is 33.7 Å². The molecule has 1 saturated heterocycles. The van der Waals surface area contributed by atoms with Crippen LogP contribution in [-0.2, 0) is 31.9 Å². The summed E-state index contributed by atoms with van der Waals surface area (Å²) in [5.41, 5.74) is 1.65. The van der Waals surface area contributed by atoms with Crippen LogP contribution in [0.1, 0.15) is 83.8 Å². The fourth-order valence-corrected chi connectivity index (χ4v) is 6.44. The summed E-state index contributed by atoms with van der Waals surface area (Å²) in [7, 11) is 1.65. The summed E-state index contributed by atoms with van der Waals surface area (Å²) in [5, 5.41) is 13.0. The fraction of sp³-hybridized carbons (Fsp3) is 0.710. The summed E-state index contributed by atoms with van der Waals surface area (Å²) in [5.74, 6) is -0.427. The van der Waals surface area contributed by atoms with Crippen LogP contribution in [0.25, 0.3) is 6.08 Å². The molecule has 0 spiro atoms. The molecule has 42 heavy (non-hydrogen) atoms. The van der Waals surface area contributed by atoms with E-state index >= 15 is 0 Å². The largest absolute Gasteiger partial charge is 0.501 e. The number of carboxylic acids is 1. The molecule has 1 aromatic heterocycles. The number of carbonyl (C=O) groups excluding carboxylic acids is 2. The maximum Gasteiger partial charge on any atom is 0.408 e. The van der Waals surface area contributed by atoms with E-state index in [1.165, 1.54) is 4.90 Å². The van der Waals surface area contributed by atoms with Gasteiger partial charge in [-0.1, -0.05) is 47.5 Å². The molecule has 2 bridgehead atoms. The average Bonchev–Trinajstić information content (AvgIpc) is 3.56. The number of nitrogens with one attached hydrogen (secondary N) is 1. The number of ether oxygens (including phenoxy) is 3. The Labute approximate surface area is 247 Å². The smallest absolute Gasteiger partial charge is 0.408 e. The number of hydrogen-bond acceptors (Lipinski definition) is 8. The monoisotopic (exact) mass is 584 g/mol. The molecule has 2 aliphatic carbocycles. The number of methoxy groups -OCH3 is 1. The van der Waals surface area contributed by atoms with E-state index in [0.29, 0.717) is 30.3 Å². The van der Waals surface area contributed by atoms with Gasteiger partial charge in [0.15, 0.2) is 0 Å². The van der Waals surface area contributed by atoms with E-state index < -0.39 is 47.5 Å². The lowest BCUT2D eigenvalue weighted by Gasteiger charge is -2.34. The van der Waals surface area contributed by atoms with Gasteiger partial charge in [-0.15, -0.1) is 0 Å². The number of alkyl carbamates (subject to hydrolysis) is 1. The first-order chi connectivity index (χ1) is 19.9. The highest BCUT2D eigenvalue weighted by Crippen LogP contribution is 2.39. The molecule has 1 saturated carbocycles. The van der Waals surface area contributed by atoms with E-state index in [1.54, 1.807) is 14.0 Å². The van der Waals surface area contributed by atoms with Crippen LogP contribution < -0.4 is 10.1 Å². The molecular formula is C31H44N4O7. The molecular weight excluding hydrogens is 540 g/mol. The van der Waals surface area contributed by atoms with Crippen molar-refractivity contribution in [3.63, 3.8) is 0 Å². The van der Waals surface area contributed by atoms with E-state index in [0.717, 1.165) is 49.3 Å². The van der Waals surface area contributed by atoms with Crippen molar-refractivity contribution in [1.29, 1.82) is 0 Å². The van der Waals surface area contributed by atoms with Gasteiger partial charge >= 0.3 is 12.1 Å². The summed E-state index contributed by atoms with van der Waals surface area (Å²) >= 11 is 0. The molecule has 1 unspecified atom stereocenters. The van der Waals surface area contributed by atoms with E-state index in [-0.39, 0.29) is 18.6 Å². The fourth-order valence-electron chi connectivity index (χ4n) is 6.44. The van der Waals surface area contributed by atoms with Gasteiger partial charge < -0.3 is 29.5 Å². The summed E-state index contributed by atoms with van der Waals surface area (Å²) in [6, 6.07) is -2.11. The van der Waals surface area contributed by atoms with Gasteiger partial charge in [-0.05, 0) is 37.0 Å². The predicted octanol–water partition coefficient (Wildman–Crippen LogP) is 3.98. The quantitative estimate of drug-likeness (QED) is 0.528. The van der Waals surface area contributed by atoms with Crippen LogP contribution in [0, 0.1) is 23.2 Å². The number of hydrogen-bond donors (Lipinski definition) is 2. The predicted molar refractivity (Wildman–Crippen MR) is 154 cm³/mol. The lowest BCUT2D eigenvalue weighted by molar-refractivity contribution is -0.151. The average molecular weight is 585 g/mol. The highest BCUT2D eigenvalue weighted by molar-refractivity contribution is 5.90. The van der Waals surface area contributed by atoms with Crippen LogP contribution in [0.4, 0.5) is 4.79 Å². The third kappa shape index (κ3) is 6.20. The number of aromatic nitrogens is 2. The zero-order valence-corrected chi connectivity index (χ0v) is 25.5. The minimum absolute atomic E-state index is 0.0410. The van der Waals surface area contributed by atoms with Crippen LogP contribution in [0.15, 0.2) is 5.76 Å². The number of carbonyl (C=O) groups is 3. The molecule has 2 N–H and O–H groups in total. The topological polar surface area (TPSA) is 140 Å². The number of allylic oxidation sites excluding steroid dienone is 1. The number of carboxylic acid groups (broad SMARTS) is 1. The van der Waals surface area contributed by atoms with E-state index in [1.807, 2.05) is 26.8 Å². The van der Waals surface area contributed by atoms with E-state index in [2.05, 4.69) is 12.2 Å². The lowest BCUT2D eigenvalue weighted by atomic mass is 9.85. The highest BCUT2D eigenvalue weighted by Gasteiger charge is 2.51. The first kappa shape index (κ1) is 30.1. The van der Waals surface area contributed by atoms with Crippen molar-refractivity contribution in [3.05, 3.63) is 22.8 Å². The molecule has 0 radical (unpaired) electrons. The van der Waals surface area contributed by atoms with Crippen molar-refractivity contribution in [2.75, 3.05) is 13.7 Å². The summed E-state index contributed by atoms with van der Waals surface area (Å²) in [6.07, 6.45) is 6.54. The van der Waals surface area contributed by atoms with Crippen molar-refractivity contribution in [1.82, 2.24) is 20.2 Å². The molecule has 2 amide bonds. The number of rotatable bonds is 2. The van der Waals surface area contributed by atoms with Crippen LogP contribution >= 0.6 is 0 Å². The molecule has 3 heterocycles. The molecule has 5 rings (SSSR count). The van der Waals surface area contributed by atoms with Gasteiger partial charge in [0.25, 0.3) is 0 Å². The number of aryl methyl sites for hydroxylation is 1. The third-order valence-corrected chi connectivity index (χ3v) is 9.11. The van der Waals surface area contributed by atoms with Crippen LogP contribution in [-0.4, -0.2) is 75.9 Å². The van der Waals surface area contributed by atoms with Gasteiger partial charge in [0.1, 0.15) is 35.7 Å². The Bertz CT molecular complexity index is 1260. The molecule has 0 aromatic carbocycles. The highest BCUT2D eigenvalue weighted by atomic mass is 16.6. The zero-order valence-electron chi connectivity index (χ0n) is 25.5. The Hall–Kier alpha value is -3.37. The Morgan fingerprint density at radius 3 is 2.55 bits per heavy atom. The van der Waals surface area contributed by atoms with Crippen molar-refractivity contribution in [2.24, 2.45) is 23.2 Å². The standard InChI is InChI=1S/C31H44N4O7/c1-16-12-20-21(14-22(16)40-6)33-27-19(32-20)11-9-7-8-10-18-13-23(18)42-30(39)34-26(31(3,4)5)28(36)35-15-24(41-27)17(2)25(35)29(37)38/h14,16-18,23-26H,7-13,15H2,1-6H3,(H,34,39)(H,37,38)/t16?,17-,18-,23-,24+,25+,26-/m1/s1. The van der Waals surface area contributed by atoms with Crippen molar-refractivity contribution in [3.8, 4) is 5.88 Å². The minimum atomic E-state index is -1.13. The van der Waals surface area contributed by atoms with Gasteiger partial charge in [0, 0.05) is 24.3 Å². The lowest BCUT2D eigenvalue weighted by Crippen LogP contribution is -2.57. The number of aliphatic carboxylic acids is 1. The maximum atomic E-state index is 14.0. The maximum absolute atomic E-state index is 14.0. The molecule has 11 nitrogen and oxygen atoms in total. The van der Waals surface area contributed by atoms with Gasteiger partial charge in [-0.2, -0.15) is 0 Å². The number of nitrogens with zero attached hydrogens (tertiary/aromatic N) is 3. The minimum Gasteiger partial charge on any atom is -0.501 e. The number of amides is 2. The van der Waals surface area contributed by atoms with Gasteiger partial charge in [0.05, 0.1) is 25.0 Å². The molecule has 7 atom stereocenters. The SMILES string of the molecule is COC1=Cc2nc3c(nc2CC1C)CCCCC[C@@H]1C[C@H]1OC(=O)N[C@@H](C(C)(C)C)C(=O)N1C[C@H](O3)[C@@H](C)[C@H]1C(=O)O. The second-order valence-corrected chi connectivity index (χ2v) is 13.4. The first-order valence-electron chi connectivity index (χ1n) is 15.2. The summed E-state index contributed by atoms with van der Waals surface area (Å²) < 4.78 is 17.7. The second kappa shape index (κ2) is 11.7. The Balaban J connectivity index is 1.50. The van der Waals surface area contributed by atoms with Gasteiger partial charge in [-0.3, -0.25) is 4.79 Å². The molecule has 1 aromatic rings. The normalized spacial score (nSPS) is 32.0. The molecule has 230 valence electrons. The first-order valence-corrected chi connectivity index (χ1v) is 15.2. The van der Waals surface area contributed by atoms with Crippen molar-refractivity contribution >= 4 is 24.0 Å². The Morgan fingerprint density at radius 1 is 1.10 bits per heavy atom. The van der Waals surface area contributed by atoms with Gasteiger partial charge in [-0.25, -0.2) is 19.6 Å². The molecule has 4 aliphatic rings. The third-order valence-electron chi connectivity index (χ3n) is 9.11. The Kier molecular flexibility index (Phi) is 8.40.